The minimum atomic E-state index is 0.0439. The van der Waals surface area contributed by atoms with Gasteiger partial charge in [0, 0.05) is 18.2 Å². The second kappa shape index (κ2) is 6.00. The van der Waals surface area contributed by atoms with Gasteiger partial charge in [-0.05, 0) is 39.7 Å². The largest absolute Gasteiger partial charge is 0.361 e. The van der Waals surface area contributed by atoms with Crippen LogP contribution in [0.2, 0.25) is 0 Å². The molecule has 0 radical (unpaired) electrons. The van der Waals surface area contributed by atoms with E-state index in [0.29, 0.717) is 12.5 Å². The van der Waals surface area contributed by atoms with Crippen molar-refractivity contribution < 1.29 is 9.32 Å². The number of nitrogens with one attached hydrogen (secondary N) is 2. The fourth-order valence-electron chi connectivity index (χ4n) is 2.37. The van der Waals surface area contributed by atoms with Crippen LogP contribution in [0.5, 0.6) is 0 Å². The monoisotopic (exact) mass is 251 g/mol. The maximum atomic E-state index is 11.8. The Morgan fingerprint density at radius 2 is 2.39 bits per heavy atom. The molecule has 1 aliphatic rings. The molecule has 1 aromatic heterocycles. The van der Waals surface area contributed by atoms with E-state index in [2.05, 4.69) is 15.8 Å². The van der Waals surface area contributed by atoms with Crippen LogP contribution in [0.3, 0.4) is 0 Å². The summed E-state index contributed by atoms with van der Waals surface area (Å²) >= 11 is 0. The van der Waals surface area contributed by atoms with Crippen molar-refractivity contribution in [1.29, 1.82) is 0 Å². The maximum absolute atomic E-state index is 11.8. The van der Waals surface area contributed by atoms with Crippen molar-refractivity contribution in [3.63, 3.8) is 0 Å². The number of amides is 1. The lowest BCUT2D eigenvalue weighted by atomic mass is 10.1. The van der Waals surface area contributed by atoms with Crippen LogP contribution in [-0.2, 0) is 11.2 Å². The summed E-state index contributed by atoms with van der Waals surface area (Å²) in [6.07, 6.45) is 3.84. The summed E-state index contributed by atoms with van der Waals surface area (Å²) in [5, 5.41) is 10.2. The third kappa shape index (κ3) is 3.32. The van der Waals surface area contributed by atoms with Gasteiger partial charge >= 0.3 is 0 Å². The van der Waals surface area contributed by atoms with Gasteiger partial charge in [0.05, 0.1) is 12.1 Å². The zero-order valence-corrected chi connectivity index (χ0v) is 11.1. The molecule has 1 saturated heterocycles. The Morgan fingerprint density at radius 1 is 1.56 bits per heavy atom. The van der Waals surface area contributed by atoms with Crippen LogP contribution in [0.25, 0.3) is 0 Å². The van der Waals surface area contributed by atoms with Crippen molar-refractivity contribution in [3.05, 3.63) is 17.0 Å². The van der Waals surface area contributed by atoms with E-state index in [0.717, 1.165) is 36.5 Å². The first-order chi connectivity index (χ1) is 8.66. The Balaban J connectivity index is 1.72. The maximum Gasteiger partial charge on any atom is 0.224 e. The Hall–Kier alpha value is -1.36. The molecule has 2 rings (SSSR count). The van der Waals surface area contributed by atoms with E-state index in [1.807, 2.05) is 13.8 Å². The summed E-state index contributed by atoms with van der Waals surface area (Å²) in [7, 11) is 0. The number of carbonyl (C=O) groups is 1. The lowest BCUT2D eigenvalue weighted by Crippen LogP contribution is -2.31. The van der Waals surface area contributed by atoms with Crippen molar-refractivity contribution in [2.75, 3.05) is 13.1 Å². The molecule has 2 N–H and O–H groups in total. The second-order valence-corrected chi connectivity index (χ2v) is 4.91. The zero-order chi connectivity index (χ0) is 13.0. The topological polar surface area (TPSA) is 67.2 Å². The van der Waals surface area contributed by atoms with Crippen molar-refractivity contribution in [3.8, 4) is 0 Å². The molecule has 1 atom stereocenters. The fraction of sp³-hybridized carbons (Fsp3) is 0.692. The SMILES string of the molecule is Cc1noc(C)c1CC(=O)NCC[C@@H]1CCCN1. The van der Waals surface area contributed by atoms with Crippen molar-refractivity contribution in [2.24, 2.45) is 0 Å². The van der Waals surface area contributed by atoms with Gasteiger partial charge in [0.2, 0.25) is 5.91 Å². The average molecular weight is 251 g/mol. The molecular formula is C13H21N3O2. The highest BCUT2D eigenvalue weighted by Crippen LogP contribution is 2.12. The Morgan fingerprint density at radius 3 is 3.00 bits per heavy atom. The van der Waals surface area contributed by atoms with Crippen molar-refractivity contribution >= 4 is 5.91 Å². The lowest BCUT2D eigenvalue weighted by molar-refractivity contribution is -0.120. The summed E-state index contributed by atoms with van der Waals surface area (Å²) in [4.78, 5) is 11.8. The van der Waals surface area contributed by atoms with E-state index in [1.54, 1.807) is 0 Å². The van der Waals surface area contributed by atoms with Crippen LogP contribution in [-0.4, -0.2) is 30.2 Å². The number of carbonyl (C=O) groups excluding carboxylic acids is 1. The van der Waals surface area contributed by atoms with Crippen LogP contribution >= 0.6 is 0 Å². The zero-order valence-electron chi connectivity index (χ0n) is 11.1. The Labute approximate surface area is 107 Å². The molecule has 0 aromatic carbocycles. The molecule has 0 aliphatic carbocycles. The van der Waals surface area contributed by atoms with Crippen molar-refractivity contribution in [2.45, 2.75) is 45.6 Å². The molecule has 2 heterocycles. The van der Waals surface area contributed by atoms with Crippen molar-refractivity contribution in [1.82, 2.24) is 15.8 Å². The van der Waals surface area contributed by atoms with Gasteiger partial charge in [-0.25, -0.2) is 0 Å². The van der Waals surface area contributed by atoms with Gasteiger partial charge in [-0.1, -0.05) is 5.16 Å². The fourth-order valence-corrected chi connectivity index (χ4v) is 2.37. The highest BCUT2D eigenvalue weighted by atomic mass is 16.5. The van der Waals surface area contributed by atoms with E-state index in [1.165, 1.54) is 12.8 Å². The van der Waals surface area contributed by atoms with Gasteiger partial charge in [0.1, 0.15) is 5.76 Å². The van der Waals surface area contributed by atoms with E-state index in [-0.39, 0.29) is 5.91 Å². The Kier molecular flexibility index (Phi) is 4.36. The molecular weight excluding hydrogens is 230 g/mol. The number of aromatic nitrogens is 1. The molecule has 1 fully saturated rings. The minimum Gasteiger partial charge on any atom is -0.361 e. The molecule has 100 valence electrons. The molecule has 0 bridgehead atoms. The number of hydrogen-bond acceptors (Lipinski definition) is 4. The summed E-state index contributed by atoms with van der Waals surface area (Å²) in [5.74, 6) is 0.780. The summed E-state index contributed by atoms with van der Waals surface area (Å²) in [5.41, 5.74) is 1.71. The van der Waals surface area contributed by atoms with Crippen LogP contribution in [0.4, 0.5) is 0 Å². The van der Waals surface area contributed by atoms with Gasteiger partial charge in [0.15, 0.2) is 0 Å². The van der Waals surface area contributed by atoms with Crippen LogP contribution in [0.1, 0.15) is 36.3 Å². The standard InChI is InChI=1S/C13H21N3O2/c1-9-12(10(2)18-16-9)8-13(17)15-7-5-11-4-3-6-14-11/h11,14H,3-8H2,1-2H3,(H,15,17)/t11-/m0/s1. The second-order valence-electron chi connectivity index (χ2n) is 4.91. The van der Waals surface area contributed by atoms with E-state index in [4.69, 9.17) is 4.52 Å². The smallest absolute Gasteiger partial charge is 0.224 e. The van der Waals surface area contributed by atoms with Gasteiger partial charge < -0.3 is 15.2 Å². The predicted octanol–water partition coefficient (Wildman–Crippen LogP) is 1.09. The van der Waals surface area contributed by atoms with Gasteiger partial charge in [-0.2, -0.15) is 0 Å². The van der Waals surface area contributed by atoms with E-state index < -0.39 is 0 Å². The molecule has 1 amide bonds. The normalized spacial score (nSPS) is 19.1. The van der Waals surface area contributed by atoms with Gasteiger partial charge in [-0.15, -0.1) is 0 Å². The molecule has 5 heteroatoms. The first-order valence-corrected chi connectivity index (χ1v) is 6.58. The molecule has 1 aliphatic heterocycles. The van der Waals surface area contributed by atoms with Crippen LogP contribution in [0, 0.1) is 13.8 Å². The molecule has 1 aromatic rings. The number of nitrogens with zero attached hydrogens (tertiary/aromatic N) is 1. The number of rotatable bonds is 5. The quantitative estimate of drug-likeness (QED) is 0.822. The summed E-state index contributed by atoms with van der Waals surface area (Å²) < 4.78 is 5.04. The number of hydrogen-bond donors (Lipinski definition) is 2. The highest BCUT2D eigenvalue weighted by Gasteiger charge is 2.15. The molecule has 0 saturated carbocycles. The number of aryl methyl sites for hydroxylation is 2. The molecule has 0 spiro atoms. The third-order valence-electron chi connectivity index (χ3n) is 3.50. The van der Waals surface area contributed by atoms with Crippen LogP contribution < -0.4 is 10.6 Å². The third-order valence-corrected chi connectivity index (χ3v) is 3.50. The lowest BCUT2D eigenvalue weighted by Gasteiger charge is -2.10. The van der Waals surface area contributed by atoms with Crippen LogP contribution in [0.15, 0.2) is 4.52 Å². The highest BCUT2D eigenvalue weighted by molar-refractivity contribution is 5.78. The molecule has 0 unspecified atom stereocenters. The summed E-state index contributed by atoms with van der Waals surface area (Å²) in [6.45, 7) is 5.55. The minimum absolute atomic E-state index is 0.0439. The summed E-state index contributed by atoms with van der Waals surface area (Å²) in [6, 6.07) is 0.573. The first-order valence-electron chi connectivity index (χ1n) is 6.58. The Bertz CT molecular complexity index is 389. The first kappa shape index (κ1) is 13.1. The molecule has 5 nitrogen and oxygen atoms in total. The van der Waals surface area contributed by atoms with Gasteiger partial charge in [0.25, 0.3) is 0 Å². The predicted molar refractivity (Wildman–Crippen MR) is 68.3 cm³/mol. The molecule has 18 heavy (non-hydrogen) atoms. The average Bonchev–Trinajstić information content (AvgIpc) is 2.94. The van der Waals surface area contributed by atoms with Gasteiger partial charge in [-0.3, -0.25) is 4.79 Å². The van der Waals surface area contributed by atoms with E-state index in [9.17, 15) is 4.79 Å². The van der Waals surface area contributed by atoms with E-state index >= 15 is 0 Å².